The summed E-state index contributed by atoms with van der Waals surface area (Å²) in [5.74, 6) is 0.365. The third-order valence-corrected chi connectivity index (χ3v) is 6.01. The van der Waals surface area contributed by atoms with Crippen LogP contribution in [0.4, 0.5) is 0 Å². The van der Waals surface area contributed by atoms with Gasteiger partial charge in [0.15, 0.2) is 0 Å². The van der Waals surface area contributed by atoms with Crippen LogP contribution in [0.3, 0.4) is 0 Å². The van der Waals surface area contributed by atoms with Gasteiger partial charge >= 0.3 is 0 Å². The normalized spacial score (nSPS) is 16.6. The van der Waals surface area contributed by atoms with E-state index in [0.717, 1.165) is 5.52 Å². The first-order valence-corrected chi connectivity index (χ1v) is 10.2. The molecule has 2 N–H and O–H groups in total. The average molecular weight is 397 g/mol. The molecule has 7 nitrogen and oxygen atoms in total. The minimum atomic E-state index is -1.13. The van der Waals surface area contributed by atoms with Crippen molar-refractivity contribution in [3.8, 4) is 17.1 Å². The fourth-order valence-electron chi connectivity index (χ4n) is 3.38. The molecule has 4 rings (SSSR count). The molecule has 0 spiro atoms. The van der Waals surface area contributed by atoms with E-state index in [1.807, 2.05) is 0 Å². The van der Waals surface area contributed by atoms with Crippen molar-refractivity contribution in [3.05, 3.63) is 41.5 Å². The predicted molar refractivity (Wildman–Crippen MR) is 106 cm³/mol. The lowest BCUT2D eigenvalue weighted by atomic mass is 9.78. The molecule has 1 aliphatic rings. The molecule has 1 unspecified atom stereocenters. The summed E-state index contributed by atoms with van der Waals surface area (Å²) in [6, 6.07) is 8.78. The number of hydrogen-bond acceptors (Lipinski definition) is 5. The molecule has 1 aromatic heterocycles. The van der Waals surface area contributed by atoms with Crippen molar-refractivity contribution >= 4 is 33.6 Å². The van der Waals surface area contributed by atoms with Crippen LogP contribution in [-0.2, 0) is 21.0 Å². The molecule has 28 heavy (non-hydrogen) atoms. The monoisotopic (exact) mass is 397 g/mol. The van der Waals surface area contributed by atoms with Crippen LogP contribution in [0.25, 0.3) is 22.4 Å². The fraction of sp³-hybridized carbons (Fsp3) is 0.250. The second kappa shape index (κ2) is 6.27. The van der Waals surface area contributed by atoms with E-state index in [-0.39, 0.29) is 5.91 Å². The number of methoxy groups -OCH3 is 1. The minimum absolute atomic E-state index is 0.325. The van der Waals surface area contributed by atoms with Crippen LogP contribution in [0.1, 0.15) is 29.8 Å². The van der Waals surface area contributed by atoms with E-state index >= 15 is 0 Å². The Hall–Kier alpha value is -3.00. The molecule has 2 aromatic carbocycles. The summed E-state index contributed by atoms with van der Waals surface area (Å²) in [5.41, 5.74) is 2.32. The fourth-order valence-corrected chi connectivity index (χ4v) is 3.92. The van der Waals surface area contributed by atoms with Crippen LogP contribution in [0.2, 0.25) is 0 Å². The predicted octanol–water partition coefficient (Wildman–Crippen LogP) is 2.52. The number of carbonyl (C=O) groups is 2. The molecule has 1 atom stereocenters. The SMILES string of the molecule is COc1cc(S(C)=O)ccc1-c1nc2cc3c(cc2[nH]1)C(C)(C)C(=O)NC3=O. The van der Waals surface area contributed by atoms with Crippen molar-refractivity contribution in [2.24, 2.45) is 0 Å². The molecule has 0 saturated heterocycles. The maximum atomic E-state index is 12.3. The third-order valence-electron chi connectivity index (χ3n) is 5.09. The molecule has 1 aliphatic heterocycles. The Balaban J connectivity index is 1.89. The maximum absolute atomic E-state index is 12.3. The summed E-state index contributed by atoms with van der Waals surface area (Å²) in [6.07, 6.45) is 1.61. The van der Waals surface area contributed by atoms with Gasteiger partial charge in [-0.15, -0.1) is 0 Å². The Bertz CT molecular complexity index is 1180. The Morgan fingerprint density at radius 1 is 1.11 bits per heavy atom. The number of fused-ring (bicyclic) bond motifs is 2. The quantitative estimate of drug-likeness (QED) is 0.662. The minimum Gasteiger partial charge on any atom is -0.496 e. The number of nitrogens with zero attached hydrogens (tertiary/aromatic N) is 1. The largest absolute Gasteiger partial charge is 0.496 e. The number of rotatable bonds is 3. The van der Waals surface area contributed by atoms with Gasteiger partial charge in [-0.2, -0.15) is 0 Å². The molecule has 8 heteroatoms. The standard InChI is InChI=1S/C20H19N3O4S/c1-20(2)13-9-15-14(8-12(13)18(24)23-19(20)25)21-17(22-15)11-6-5-10(28(4)26)7-16(11)27-3/h5-9H,1-4H3,(H,21,22)(H,23,24,25). The number of nitrogens with one attached hydrogen (secondary N) is 2. The van der Waals surface area contributed by atoms with E-state index < -0.39 is 22.1 Å². The molecule has 0 bridgehead atoms. The maximum Gasteiger partial charge on any atom is 0.258 e. The van der Waals surface area contributed by atoms with Crippen LogP contribution in [-0.4, -0.2) is 39.4 Å². The van der Waals surface area contributed by atoms with Crippen molar-refractivity contribution in [3.63, 3.8) is 0 Å². The van der Waals surface area contributed by atoms with Gasteiger partial charge in [0.2, 0.25) is 5.91 Å². The van der Waals surface area contributed by atoms with E-state index in [1.165, 1.54) is 0 Å². The van der Waals surface area contributed by atoms with Gasteiger partial charge in [0.1, 0.15) is 11.6 Å². The van der Waals surface area contributed by atoms with Crippen molar-refractivity contribution in [2.45, 2.75) is 24.2 Å². The van der Waals surface area contributed by atoms with Crippen molar-refractivity contribution in [1.29, 1.82) is 0 Å². The van der Waals surface area contributed by atoms with Crippen molar-refractivity contribution < 1.29 is 18.5 Å². The van der Waals surface area contributed by atoms with E-state index in [2.05, 4.69) is 15.3 Å². The second-order valence-electron chi connectivity index (χ2n) is 7.22. The van der Waals surface area contributed by atoms with Crippen molar-refractivity contribution in [1.82, 2.24) is 15.3 Å². The van der Waals surface area contributed by atoms with Gasteiger partial charge in [-0.3, -0.25) is 19.1 Å². The van der Waals surface area contributed by atoms with Gasteiger partial charge in [-0.1, -0.05) is 0 Å². The van der Waals surface area contributed by atoms with Crippen molar-refractivity contribution in [2.75, 3.05) is 13.4 Å². The number of benzene rings is 2. The molecule has 144 valence electrons. The molecule has 2 heterocycles. The number of imidazole rings is 1. The summed E-state index contributed by atoms with van der Waals surface area (Å²) in [5, 5.41) is 2.40. The van der Waals surface area contributed by atoms with Gasteiger partial charge in [0.05, 0.1) is 29.1 Å². The number of aromatic amines is 1. The number of H-pyrrole nitrogens is 1. The molecule has 0 aliphatic carbocycles. The zero-order valence-electron chi connectivity index (χ0n) is 15.9. The summed E-state index contributed by atoms with van der Waals surface area (Å²) < 4.78 is 17.2. The highest BCUT2D eigenvalue weighted by atomic mass is 32.2. The highest BCUT2D eigenvalue weighted by Crippen LogP contribution is 2.35. The van der Waals surface area contributed by atoms with Gasteiger partial charge in [-0.05, 0) is 49.7 Å². The van der Waals surface area contributed by atoms with E-state index in [0.29, 0.717) is 38.7 Å². The Labute approximate surface area is 164 Å². The Morgan fingerprint density at radius 2 is 1.86 bits per heavy atom. The van der Waals surface area contributed by atoms with Crippen LogP contribution in [0, 0.1) is 0 Å². The number of aromatic nitrogens is 2. The molecular formula is C20H19N3O4S. The average Bonchev–Trinajstić information content (AvgIpc) is 3.08. The molecule has 3 aromatic rings. The lowest BCUT2D eigenvalue weighted by Crippen LogP contribution is -2.48. The number of imide groups is 1. The molecule has 0 radical (unpaired) electrons. The topological polar surface area (TPSA) is 101 Å². The van der Waals surface area contributed by atoms with Gasteiger partial charge in [0, 0.05) is 27.5 Å². The first kappa shape index (κ1) is 18.4. The lowest BCUT2D eigenvalue weighted by molar-refractivity contribution is -0.125. The Kier molecular flexibility index (Phi) is 4.11. The third kappa shape index (κ3) is 2.72. The van der Waals surface area contributed by atoms with Gasteiger partial charge in [0.25, 0.3) is 5.91 Å². The number of amides is 2. The van der Waals surface area contributed by atoms with E-state index in [1.54, 1.807) is 57.5 Å². The van der Waals surface area contributed by atoms with E-state index in [9.17, 15) is 13.8 Å². The molecule has 2 amide bonds. The lowest BCUT2D eigenvalue weighted by Gasteiger charge is -2.30. The number of carbonyl (C=O) groups excluding carboxylic acids is 2. The van der Waals surface area contributed by atoms with Crippen LogP contribution in [0.5, 0.6) is 5.75 Å². The summed E-state index contributed by atoms with van der Waals surface area (Å²) in [6.45, 7) is 3.56. The zero-order chi connectivity index (χ0) is 20.2. The molecule has 0 saturated carbocycles. The smallest absolute Gasteiger partial charge is 0.258 e. The highest BCUT2D eigenvalue weighted by molar-refractivity contribution is 7.84. The summed E-state index contributed by atoms with van der Waals surface area (Å²) in [4.78, 5) is 33.0. The van der Waals surface area contributed by atoms with Gasteiger partial charge < -0.3 is 9.72 Å². The molecular weight excluding hydrogens is 378 g/mol. The summed E-state index contributed by atoms with van der Waals surface area (Å²) in [7, 11) is 0.418. The number of ether oxygens (including phenoxy) is 1. The van der Waals surface area contributed by atoms with E-state index in [4.69, 9.17) is 4.74 Å². The Morgan fingerprint density at radius 3 is 2.54 bits per heavy atom. The van der Waals surface area contributed by atoms with Gasteiger partial charge in [-0.25, -0.2) is 4.98 Å². The van der Waals surface area contributed by atoms with Crippen LogP contribution >= 0.6 is 0 Å². The van der Waals surface area contributed by atoms with Crippen LogP contribution < -0.4 is 10.1 Å². The zero-order valence-corrected chi connectivity index (χ0v) is 16.7. The first-order valence-electron chi connectivity index (χ1n) is 8.64. The van der Waals surface area contributed by atoms with Crippen LogP contribution in [0.15, 0.2) is 35.2 Å². The second-order valence-corrected chi connectivity index (χ2v) is 8.60. The molecule has 0 fully saturated rings. The summed E-state index contributed by atoms with van der Waals surface area (Å²) >= 11 is 0. The highest BCUT2D eigenvalue weighted by Gasteiger charge is 2.39. The first-order chi connectivity index (χ1) is 13.2. The number of hydrogen-bond donors (Lipinski definition) is 2.